The molecule has 1 atom stereocenters. The Morgan fingerprint density at radius 3 is 2.31 bits per heavy atom. The van der Waals surface area contributed by atoms with Crippen LogP contribution >= 0.6 is 0 Å². The maximum atomic E-state index is 11.2. The third-order valence-corrected chi connectivity index (χ3v) is 2.35. The second-order valence-corrected chi connectivity index (χ2v) is 3.43. The molecule has 0 heterocycles. The summed E-state index contributed by atoms with van der Waals surface area (Å²) in [6, 6.07) is 4.90. The van der Waals surface area contributed by atoms with E-state index in [2.05, 4.69) is 0 Å². The minimum Gasteiger partial charge on any atom is -0.508 e. The number of benzene rings is 1. The molecule has 1 unspecified atom stereocenters. The van der Waals surface area contributed by atoms with Crippen molar-refractivity contribution >= 4 is 11.9 Å². The van der Waals surface area contributed by atoms with Crippen molar-refractivity contribution in [1.82, 2.24) is 4.90 Å². The van der Waals surface area contributed by atoms with Gasteiger partial charge in [-0.3, -0.25) is 4.79 Å². The van der Waals surface area contributed by atoms with Gasteiger partial charge in [0, 0.05) is 19.5 Å². The molecule has 86 valence electrons. The second kappa shape index (κ2) is 4.65. The van der Waals surface area contributed by atoms with Crippen LogP contribution in [-0.4, -0.2) is 34.0 Å². The first-order chi connectivity index (χ1) is 7.45. The van der Waals surface area contributed by atoms with E-state index in [9.17, 15) is 14.7 Å². The van der Waals surface area contributed by atoms with Crippen molar-refractivity contribution in [3.8, 4) is 5.75 Å². The maximum absolute atomic E-state index is 11.2. The number of hydrogen-bond acceptors (Lipinski definition) is 3. The zero-order valence-electron chi connectivity index (χ0n) is 9.04. The SMILES string of the molecule is CC(=O)N(C)C(C(=O)O)c1ccccc1O. The molecule has 0 saturated carbocycles. The minimum atomic E-state index is -1.18. The van der Waals surface area contributed by atoms with E-state index >= 15 is 0 Å². The fourth-order valence-corrected chi connectivity index (χ4v) is 1.41. The lowest BCUT2D eigenvalue weighted by atomic mass is 10.0. The van der Waals surface area contributed by atoms with Gasteiger partial charge in [-0.2, -0.15) is 0 Å². The molecule has 1 amide bonds. The highest BCUT2D eigenvalue weighted by Crippen LogP contribution is 2.27. The van der Waals surface area contributed by atoms with Crippen LogP contribution in [0.2, 0.25) is 0 Å². The summed E-state index contributed by atoms with van der Waals surface area (Å²) in [7, 11) is 1.38. The number of rotatable bonds is 3. The van der Waals surface area contributed by atoms with E-state index < -0.39 is 12.0 Å². The van der Waals surface area contributed by atoms with Gasteiger partial charge >= 0.3 is 5.97 Å². The molecule has 5 nitrogen and oxygen atoms in total. The molecule has 0 aliphatic heterocycles. The topological polar surface area (TPSA) is 77.8 Å². The Balaban J connectivity index is 3.18. The average Bonchev–Trinajstić information content (AvgIpc) is 2.20. The van der Waals surface area contributed by atoms with Crippen LogP contribution in [0.1, 0.15) is 18.5 Å². The summed E-state index contributed by atoms with van der Waals surface area (Å²) in [4.78, 5) is 23.3. The standard InChI is InChI=1S/C11H13NO4/c1-7(13)12(2)10(11(15)16)8-5-3-4-6-9(8)14/h3-6,10,14H,1-2H3,(H,15,16). The van der Waals surface area contributed by atoms with Gasteiger partial charge in [0.05, 0.1) is 0 Å². The number of phenolic OH excluding ortho intramolecular Hbond substituents is 1. The lowest BCUT2D eigenvalue weighted by molar-refractivity contribution is -0.148. The zero-order valence-corrected chi connectivity index (χ0v) is 9.04. The summed E-state index contributed by atoms with van der Waals surface area (Å²) in [5.74, 6) is -1.70. The molecule has 0 aromatic heterocycles. The highest BCUT2D eigenvalue weighted by molar-refractivity contribution is 5.83. The van der Waals surface area contributed by atoms with E-state index in [0.717, 1.165) is 4.90 Å². The van der Waals surface area contributed by atoms with Crippen LogP contribution in [0.25, 0.3) is 0 Å². The van der Waals surface area contributed by atoms with Crippen molar-refractivity contribution in [3.05, 3.63) is 29.8 Å². The molecule has 1 rings (SSSR count). The van der Waals surface area contributed by atoms with Gasteiger partial charge in [-0.1, -0.05) is 18.2 Å². The van der Waals surface area contributed by atoms with E-state index in [1.54, 1.807) is 12.1 Å². The van der Waals surface area contributed by atoms with E-state index in [4.69, 9.17) is 5.11 Å². The molecule has 1 aromatic rings. The van der Waals surface area contributed by atoms with Crippen molar-refractivity contribution < 1.29 is 19.8 Å². The molecular formula is C11H13NO4. The molecule has 5 heteroatoms. The van der Waals surface area contributed by atoms with Crippen LogP contribution in [0.5, 0.6) is 5.75 Å². The number of likely N-dealkylation sites (N-methyl/N-ethyl adjacent to an activating group) is 1. The number of hydrogen-bond donors (Lipinski definition) is 2. The third-order valence-electron chi connectivity index (χ3n) is 2.35. The zero-order chi connectivity index (χ0) is 12.3. The van der Waals surface area contributed by atoms with Crippen LogP contribution < -0.4 is 0 Å². The number of carboxylic acids is 1. The van der Waals surface area contributed by atoms with Gasteiger partial charge in [-0.15, -0.1) is 0 Å². The highest BCUT2D eigenvalue weighted by Gasteiger charge is 2.28. The van der Waals surface area contributed by atoms with E-state index in [1.165, 1.54) is 26.1 Å². The van der Waals surface area contributed by atoms with Gasteiger partial charge < -0.3 is 15.1 Å². The van der Waals surface area contributed by atoms with Gasteiger partial charge in [0.15, 0.2) is 6.04 Å². The van der Waals surface area contributed by atoms with Crippen molar-refractivity contribution in [3.63, 3.8) is 0 Å². The summed E-state index contributed by atoms with van der Waals surface area (Å²) in [6.07, 6.45) is 0. The molecular weight excluding hydrogens is 210 g/mol. The number of phenols is 1. The Morgan fingerprint density at radius 1 is 1.31 bits per heavy atom. The molecule has 16 heavy (non-hydrogen) atoms. The van der Waals surface area contributed by atoms with Gasteiger partial charge in [0.2, 0.25) is 5.91 Å². The average molecular weight is 223 g/mol. The van der Waals surface area contributed by atoms with Crippen molar-refractivity contribution in [2.24, 2.45) is 0 Å². The van der Waals surface area contributed by atoms with Crippen molar-refractivity contribution in [2.45, 2.75) is 13.0 Å². The van der Waals surface area contributed by atoms with Crippen LogP contribution in [0.3, 0.4) is 0 Å². The highest BCUT2D eigenvalue weighted by atomic mass is 16.4. The molecule has 0 aliphatic carbocycles. The van der Waals surface area contributed by atoms with Crippen LogP contribution in [-0.2, 0) is 9.59 Å². The fraction of sp³-hybridized carbons (Fsp3) is 0.273. The first-order valence-electron chi connectivity index (χ1n) is 4.69. The molecule has 0 radical (unpaired) electrons. The number of aliphatic carboxylic acids is 1. The van der Waals surface area contributed by atoms with Crippen LogP contribution in [0.15, 0.2) is 24.3 Å². The number of aromatic hydroxyl groups is 1. The van der Waals surface area contributed by atoms with E-state index in [-0.39, 0.29) is 17.2 Å². The first kappa shape index (κ1) is 12.0. The quantitative estimate of drug-likeness (QED) is 0.801. The number of para-hydroxylation sites is 1. The molecule has 0 fully saturated rings. The number of nitrogens with zero attached hydrogens (tertiary/aromatic N) is 1. The van der Waals surface area contributed by atoms with E-state index in [1.807, 2.05) is 0 Å². The smallest absolute Gasteiger partial charge is 0.331 e. The lowest BCUT2D eigenvalue weighted by Crippen LogP contribution is -2.34. The number of amides is 1. The Kier molecular flexibility index (Phi) is 3.50. The molecule has 0 aliphatic rings. The summed E-state index contributed by atoms with van der Waals surface area (Å²) in [6.45, 7) is 1.27. The maximum Gasteiger partial charge on any atom is 0.331 e. The van der Waals surface area contributed by atoms with Crippen LogP contribution in [0.4, 0.5) is 0 Å². The number of carbonyl (C=O) groups excluding carboxylic acids is 1. The lowest BCUT2D eigenvalue weighted by Gasteiger charge is -2.24. The monoisotopic (exact) mass is 223 g/mol. The van der Waals surface area contributed by atoms with Gasteiger partial charge in [0.25, 0.3) is 0 Å². The Morgan fingerprint density at radius 2 is 1.88 bits per heavy atom. The van der Waals surface area contributed by atoms with Crippen molar-refractivity contribution in [2.75, 3.05) is 7.05 Å². The summed E-state index contributed by atoms with van der Waals surface area (Å²) in [5.41, 5.74) is 0.202. The first-order valence-corrected chi connectivity index (χ1v) is 4.69. The molecule has 0 saturated heterocycles. The Hall–Kier alpha value is -2.04. The largest absolute Gasteiger partial charge is 0.508 e. The second-order valence-electron chi connectivity index (χ2n) is 3.43. The minimum absolute atomic E-state index is 0.136. The third kappa shape index (κ3) is 2.31. The molecule has 0 bridgehead atoms. The summed E-state index contributed by atoms with van der Waals surface area (Å²) >= 11 is 0. The number of carbonyl (C=O) groups is 2. The Labute approximate surface area is 92.9 Å². The molecule has 0 spiro atoms. The fourth-order valence-electron chi connectivity index (χ4n) is 1.41. The Bertz CT molecular complexity index is 416. The molecule has 2 N–H and O–H groups in total. The van der Waals surface area contributed by atoms with E-state index in [0.29, 0.717) is 0 Å². The number of carboxylic acid groups (broad SMARTS) is 1. The summed E-state index contributed by atoms with van der Waals surface area (Å²) < 4.78 is 0. The van der Waals surface area contributed by atoms with Gasteiger partial charge in [0.1, 0.15) is 5.75 Å². The summed E-state index contributed by atoms with van der Waals surface area (Å²) in [5, 5.41) is 18.6. The van der Waals surface area contributed by atoms with Crippen molar-refractivity contribution in [1.29, 1.82) is 0 Å². The van der Waals surface area contributed by atoms with Gasteiger partial charge in [-0.25, -0.2) is 4.79 Å². The normalized spacial score (nSPS) is 11.9. The molecule has 1 aromatic carbocycles. The van der Waals surface area contributed by atoms with Crippen LogP contribution in [0, 0.1) is 0 Å². The predicted octanol–water partition coefficient (Wildman–Crippen LogP) is 0.996. The van der Waals surface area contributed by atoms with Gasteiger partial charge in [-0.05, 0) is 6.07 Å². The predicted molar refractivity (Wildman–Crippen MR) is 56.9 cm³/mol.